The number of nitrogens with zero attached hydrogens (tertiary/aromatic N) is 2. The molecule has 0 radical (unpaired) electrons. The monoisotopic (exact) mass is 304 g/mol. The SMILES string of the molecule is Nc1nnc(-c2ccc(-c3ccc(Cl)cc3)[nH]c2=O)s1. The van der Waals surface area contributed by atoms with E-state index in [1.54, 1.807) is 18.2 Å². The summed E-state index contributed by atoms with van der Waals surface area (Å²) in [4.78, 5) is 14.9. The maximum absolute atomic E-state index is 12.1. The second-order valence-corrected chi connectivity index (χ2v) is 5.51. The van der Waals surface area contributed by atoms with Gasteiger partial charge >= 0.3 is 0 Å². The van der Waals surface area contributed by atoms with Crippen LogP contribution in [0.3, 0.4) is 0 Å². The summed E-state index contributed by atoms with van der Waals surface area (Å²) in [6.45, 7) is 0. The smallest absolute Gasteiger partial charge is 0.258 e. The lowest BCUT2D eigenvalue weighted by Gasteiger charge is -2.02. The molecule has 0 bridgehead atoms. The van der Waals surface area contributed by atoms with Gasteiger partial charge < -0.3 is 10.7 Å². The molecule has 0 saturated heterocycles. The lowest BCUT2D eigenvalue weighted by Crippen LogP contribution is -2.09. The van der Waals surface area contributed by atoms with Crippen molar-refractivity contribution in [3.63, 3.8) is 0 Å². The van der Waals surface area contributed by atoms with Gasteiger partial charge in [0.15, 0.2) is 5.01 Å². The van der Waals surface area contributed by atoms with Crippen LogP contribution in [0.15, 0.2) is 41.2 Å². The van der Waals surface area contributed by atoms with Crippen molar-refractivity contribution in [2.75, 3.05) is 5.73 Å². The number of rotatable bonds is 2. The predicted octanol–water partition coefficient (Wildman–Crippen LogP) is 2.80. The number of hydrogen-bond donors (Lipinski definition) is 2. The zero-order chi connectivity index (χ0) is 14.1. The molecule has 0 aliphatic heterocycles. The van der Waals surface area contributed by atoms with Crippen molar-refractivity contribution in [3.8, 4) is 21.8 Å². The van der Waals surface area contributed by atoms with Crippen LogP contribution in [0, 0.1) is 0 Å². The van der Waals surface area contributed by atoms with Gasteiger partial charge in [0, 0.05) is 10.7 Å². The van der Waals surface area contributed by atoms with Crippen LogP contribution >= 0.6 is 22.9 Å². The van der Waals surface area contributed by atoms with Crippen molar-refractivity contribution in [2.24, 2.45) is 0 Å². The number of aromatic nitrogens is 3. The molecule has 7 heteroatoms. The standard InChI is InChI=1S/C13H9ClN4OS/c14-8-3-1-7(2-4-8)10-6-5-9(11(19)16-10)12-17-18-13(15)20-12/h1-6H,(H2,15,18)(H,16,19). The van der Waals surface area contributed by atoms with Crippen molar-refractivity contribution < 1.29 is 0 Å². The third kappa shape index (κ3) is 2.43. The molecule has 0 fully saturated rings. The van der Waals surface area contributed by atoms with Gasteiger partial charge in [0.2, 0.25) is 5.13 Å². The number of halogens is 1. The number of nitrogens with one attached hydrogen (secondary N) is 1. The van der Waals surface area contributed by atoms with Gasteiger partial charge in [-0.2, -0.15) is 0 Å². The van der Waals surface area contributed by atoms with E-state index in [1.807, 2.05) is 18.2 Å². The number of nitrogen functional groups attached to an aromatic ring is 1. The lowest BCUT2D eigenvalue weighted by atomic mass is 10.1. The van der Waals surface area contributed by atoms with Crippen LogP contribution in [0.5, 0.6) is 0 Å². The quantitative estimate of drug-likeness (QED) is 0.762. The first-order chi connectivity index (χ1) is 9.63. The summed E-state index contributed by atoms with van der Waals surface area (Å²) >= 11 is 7.02. The average Bonchev–Trinajstić information content (AvgIpc) is 2.86. The maximum atomic E-state index is 12.1. The predicted molar refractivity (Wildman–Crippen MR) is 80.8 cm³/mol. The number of pyridine rings is 1. The van der Waals surface area contributed by atoms with Crippen LogP contribution in [0.2, 0.25) is 5.02 Å². The Hall–Kier alpha value is -2.18. The molecule has 0 aliphatic rings. The highest BCUT2D eigenvalue weighted by Crippen LogP contribution is 2.24. The minimum Gasteiger partial charge on any atom is -0.374 e. The summed E-state index contributed by atoms with van der Waals surface area (Å²) in [5.74, 6) is 0. The molecule has 0 spiro atoms. The molecule has 3 aromatic rings. The number of benzene rings is 1. The molecule has 3 N–H and O–H groups in total. The molecule has 0 amide bonds. The Bertz CT molecular complexity index is 810. The third-order valence-corrected chi connectivity index (χ3v) is 3.77. The van der Waals surface area contributed by atoms with Crippen LogP contribution < -0.4 is 11.3 Å². The van der Waals surface area contributed by atoms with Crippen molar-refractivity contribution in [2.45, 2.75) is 0 Å². The minimum absolute atomic E-state index is 0.228. The van der Waals surface area contributed by atoms with Gasteiger partial charge in [0.25, 0.3) is 5.56 Å². The number of H-pyrrole nitrogens is 1. The summed E-state index contributed by atoms with van der Waals surface area (Å²) in [6.07, 6.45) is 0. The number of anilines is 1. The van der Waals surface area contributed by atoms with Gasteiger partial charge in [-0.15, -0.1) is 10.2 Å². The number of hydrogen-bond acceptors (Lipinski definition) is 5. The zero-order valence-electron chi connectivity index (χ0n) is 10.1. The van der Waals surface area contributed by atoms with Gasteiger partial charge in [-0.05, 0) is 29.8 Å². The molecule has 2 aromatic heterocycles. The van der Waals surface area contributed by atoms with E-state index < -0.39 is 0 Å². The molecule has 5 nitrogen and oxygen atoms in total. The van der Waals surface area contributed by atoms with Crippen molar-refractivity contribution in [1.29, 1.82) is 0 Å². The molecular weight excluding hydrogens is 296 g/mol. The summed E-state index contributed by atoms with van der Waals surface area (Å²) in [5.41, 5.74) is 7.35. The fourth-order valence-corrected chi connectivity index (χ4v) is 2.54. The molecule has 2 heterocycles. The summed E-state index contributed by atoms with van der Waals surface area (Å²) in [6, 6.07) is 10.8. The second-order valence-electron chi connectivity index (χ2n) is 4.07. The first-order valence-electron chi connectivity index (χ1n) is 5.72. The van der Waals surface area contributed by atoms with E-state index in [-0.39, 0.29) is 5.56 Å². The van der Waals surface area contributed by atoms with E-state index in [2.05, 4.69) is 15.2 Å². The van der Waals surface area contributed by atoms with Crippen LogP contribution in [-0.4, -0.2) is 15.2 Å². The van der Waals surface area contributed by atoms with E-state index in [4.69, 9.17) is 17.3 Å². The lowest BCUT2D eigenvalue weighted by molar-refractivity contribution is 1.10. The van der Waals surface area contributed by atoms with E-state index in [0.717, 1.165) is 5.56 Å². The summed E-state index contributed by atoms with van der Waals surface area (Å²) < 4.78 is 0. The molecule has 1 aromatic carbocycles. The fourth-order valence-electron chi connectivity index (χ4n) is 1.78. The van der Waals surface area contributed by atoms with Gasteiger partial charge in [-0.1, -0.05) is 35.1 Å². The molecule has 0 saturated carbocycles. The minimum atomic E-state index is -0.228. The van der Waals surface area contributed by atoms with E-state index in [0.29, 0.717) is 26.4 Å². The molecule has 0 atom stereocenters. The molecular formula is C13H9ClN4OS. The Labute approximate surface area is 123 Å². The highest BCUT2D eigenvalue weighted by atomic mass is 35.5. The molecule has 0 unspecified atom stereocenters. The van der Waals surface area contributed by atoms with Crippen molar-refractivity contribution in [1.82, 2.24) is 15.2 Å². The van der Waals surface area contributed by atoms with Gasteiger partial charge in [-0.3, -0.25) is 4.79 Å². The zero-order valence-corrected chi connectivity index (χ0v) is 11.7. The molecule has 20 heavy (non-hydrogen) atoms. The first kappa shape index (κ1) is 12.8. The summed E-state index contributed by atoms with van der Waals surface area (Å²) in [7, 11) is 0. The fraction of sp³-hybridized carbons (Fsp3) is 0. The largest absolute Gasteiger partial charge is 0.374 e. The van der Waals surface area contributed by atoms with Crippen LogP contribution in [-0.2, 0) is 0 Å². The Balaban J connectivity index is 2.03. The summed E-state index contributed by atoms with van der Waals surface area (Å²) in [5, 5.41) is 9.06. The number of aromatic amines is 1. The Morgan fingerprint density at radius 2 is 1.85 bits per heavy atom. The van der Waals surface area contributed by atoms with Gasteiger partial charge in [0.05, 0.1) is 5.56 Å². The van der Waals surface area contributed by atoms with Crippen LogP contribution in [0.1, 0.15) is 0 Å². The highest BCUT2D eigenvalue weighted by molar-refractivity contribution is 7.18. The Morgan fingerprint density at radius 3 is 2.45 bits per heavy atom. The van der Waals surface area contributed by atoms with Crippen molar-refractivity contribution in [3.05, 3.63) is 51.8 Å². The van der Waals surface area contributed by atoms with E-state index >= 15 is 0 Å². The molecule has 0 aliphatic carbocycles. The normalized spacial score (nSPS) is 10.7. The third-order valence-electron chi connectivity index (χ3n) is 2.74. The maximum Gasteiger partial charge on any atom is 0.258 e. The highest BCUT2D eigenvalue weighted by Gasteiger charge is 2.10. The Kier molecular flexibility index (Phi) is 3.25. The van der Waals surface area contributed by atoms with Gasteiger partial charge in [-0.25, -0.2) is 0 Å². The first-order valence-corrected chi connectivity index (χ1v) is 6.91. The van der Waals surface area contributed by atoms with Crippen LogP contribution in [0.4, 0.5) is 5.13 Å². The van der Waals surface area contributed by atoms with Crippen molar-refractivity contribution >= 4 is 28.1 Å². The van der Waals surface area contributed by atoms with Gasteiger partial charge in [0.1, 0.15) is 0 Å². The second kappa shape index (κ2) is 5.07. The van der Waals surface area contributed by atoms with E-state index in [9.17, 15) is 4.79 Å². The van der Waals surface area contributed by atoms with E-state index in [1.165, 1.54) is 11.3 Å². The molecule has 100 valence electrons. The Morgan fingerprint density at radius 1 is 1.10 bits per heavy atom. The van der Waals surface area contributed by atoms with Crippen LogP contribution in [0.25, 0.3) is 21.8 Å². The topological polar surface area (TPSA) is 84.7 Å². The molecule has 3 rings (SSSR count). The average molecular weight is 305 g/mol. The number of nitrogens with two attached hydrogens (primary N) is 1.